The number of carbonyl (C=O) groups is 1. The SMILES string of the molecule is Cc1nn(C2CCS(=O)(=O)C2)c(C)c1N1CCN(C(=O)NC2CCCCC2)CC1. The van der Waals surface area contributed by atoms with Gasteiger partial charge in [0.25, 0.3) is 0 Å². The highest BCUT2D eigenvalue weighted by Crippen LogP contribution is 2.31. The van der Waals surface area contributed by atoms with Gasteiger partial charge in [0.1, 0.15) is 0 Å². The number of nitrogens with one attached hydrogen (secondary N) is 1. The molecule has 2 aliphatic heterocycles. The van der Waals surface area contributed by atoms with Crippen molar-refractivity contribution in [2.75, 3.05) is 42.6 Å². The third-order valence-electron chi connectivity index (χ3n) is 6.66. The van der Waals surface area contributed by atoms with Crippen molar-refractivity contribution < 1.29 is 13.2 Å². The number of sulfone groups is 1. The molecule has 2 amide bonds. The number of aryl methyl sites for hydroxylation is 1. The Morgan fingerprint density at radius 1 is 1.03 bits per heavy atom. The largest absolute Gasteiger partial charge is 0.365 e. The number of aromatic nitrogens is 2. The number of anilines is 1. The van der Waals surface area contributed by atoms with Crippen LogP contribution in [0.25, 0.3) is 0 Å². The molecule has 8 nitrogen and oxygen atoms in total. The van der Waals surface area contributed by atoms with E-state index in [1.165, 1.54) is 19.3 Å². The van der Waals surface area contributed by atoms with E-state index < -0.39 is 9.84 Å². The van der Waals surface area contributed by atoms with E-state index >= 15 is 0 Å². The summed E-state index contributed by atoms with van der Waals surface area (Å²) in [4.78, 5) is 16.8. The van der Waals surface area contributed by atoms with E-state index in [1.54, 1.807) is 0 Å². The van der Waals surface area contributed by atoms with Gasteiger partial charge < -0.3 is 15.1 Å². The number of nitrogens with zero attached hydrogens (tertiary/aromatic N) is 4. The molecule has 3 fully saturated rings. The summed E-state index contributed by atoms with van der Waals surface area (Å²) >= 11 is 0. The van der Waals surface area contributed by atoms with Crippen LogP contribution in [-0.4, -0.2) is 72.9 Å². The van der Waals surface area contributed by atoms with Crippen LogP contribution in [0, 0.1) is 13.8 Å². The molecule has 1 atom stereocenters. The molecule has 3 heterocycles. The summed E-state index contributed by atoms with van der Waals surface area (Å²) in [5.74, 6) is 0.434. The average molecular weight is 424 g/mol. The molecule has 162 valence electrons. The lowest BCUT2D eigenvalue weighted by Gasteiger charge is -2.37. The molecule has 2 saturated heterocycles. The molecule has 0 spiro atoms. The summed E-state index contributed by atoms with van der Waals surface area (Å²) in [6.45, 7) is 6.95. The van der Waals surface area contributed by atoms with Crippen LogP contribution >= 0.6 is 0 Å². The molecule has 1 aromatic heterocycles. The van der Waals surface area contributed by atoms with Gasteiger partial charge in [-0.25, -0.2) is 13.2 Å². The second kappa shape index (κ2) is 8.16. The Morgan fingerprint density at radius 2 is 1.72 bits per heavy atom. The van der Waals surface area contributed by atoms with Gasteiger partial charge in [-0.15, -0.1) is 0 Å². The van der Waals surface area contributed by atoms with Gasteiger partial charge in [-0.1, -0.05) is 19.3 Å². The van der Waals surface area contributed by atoms with Crippen molar-refractivity contribution in [3.8, 4) is 0 Å². The monoisotopic (exact) mass is 423 g/mol. The quantitative estimate of drug-likeness (QED) is 0.804. The number of hydrogen-bond donors (Lipinski definition) is 1. The van der Waals surface area contributed by atoms with E-state index in [0.29, 0.717) is 25.6 Å². The van der Waals surface area contributed by atoms with Gasteiger partial charge in [-0.3, -0.25) is 4.68 Å². The van der Waals surface area contributed by atoms with Crippen molar-refractivity contribution in [3.63, 3.8) is 0 Å². The van der Waals surface area contributed by atoms with Crippen LogP contribution in [0.2, 0.25) is 0 Å². The molecular formula is C20H33N5O3S. The van der Waals surface area contributed by atoms with Gasteiger partial charge in [0, 0.05) is 32.2 Å². The summed E-state index contributed by atoms with van der Waals surface area (Å²) in [6, 6.07) is 0.339. The molecule has 1 saturated carbocycles. The van der Waals surface area contributed by atoms with Crippen LogP contribution in [0.4, 0.5) is 10.5 Å². The van der Waals surface area contributed by atoms with Crippen molar-refractivity contribution in [3.05, 3.63) is 11.4 Å². The Hall–Kier alpha value is -1.77. The van der Waals surface area contributed by atoms with Crippen LogP contribution in [0.5, 0.6) is 0 Å². The lowest BCUT2D eigenvalue weighted by atomic mass is 9.96. The van der Waals surface area contributed by atoms with E-state index in [1.807, 2.05) is 23.4 Å². The second-order valence-electron chi connectivity index (χ2n) is 8.78. The molecular weight excluding hydrogens is 390 g/mol. The van der Waals surface area contributed by atoms with Crippen molar-refractivity contribution in [2.24, 2.45) is 0 Å². The number of rotatable bonds is 3. The van der Waals surface area contributed by atoms with Crippen LogP contribution < -0.4 is 10.2 Å². The smallest absolute Gasteiger partial charge is 0.317 e. The predicted octanol–water partition coefficient (Wildman–Crippen LogP) is 2.02. The topological polar surface area (TPSA) is 87.5 Å². The first-order valence-electron chi connectivity index (χ1n) is 10.9. The fourth-order valence-electron chi connectivity index (χ4n) is 5.08. The zero-order valence-electron chi connectivity index (χ0n) is 17.6. The lowest BCUT2D eigenvalue weighted by molar-refractivity contribution is 0.186. The maximum Gasteiger partial charge on any atom is 0.317 e. The van der Waals surface area contributed by atoms with Crippen LogP contribution in [0.1, 0.15) is 56.0 Å². The standard InChI is InChI=1S/C20H33N5O3S/c1-15-19(16(2)25(22-15)18-8-13-29(27,28)14-18)23-9-11-24(12-10-23)20(26)21-17-6-4-3-5-7-17/h17-18H,3-14H2,1-2H3,(H,21,26). The van der Waals surface area contributed by atoms with Gasteiger partial charge in [0.15, 0.2) is 9.84 Å². The zero-order valence-corrected chi connectivity index (χ0v) is 18.4. The molecule has 9 heteroatoms. The highest BCUT2D eigenvalue weighted by Gasteiger charge is 2.33. The van der Waals surface area contributed by atoms with Gasteiger partial charge >= 0.3 is 6.03 Å². The fourth-order valence-corrected chi connectivity index (χ4v) is 6.77. The van der Waals surface area contributed by atoms with Crippen LogP contribution in [0.3, 0.4) is 0 Å². The van der Waals surface area contributed by atoms with Crippen molar-refractivity contribution in [1.82, 2.24) is 20.0 Å². The second-order valence-corrected chi connectivity index (χ2v) is 11.0. The number of urea groups is 1. The zero-order chi connectivity index (χ0) is 20.6. The van der Waals surface area contributed by atoms with Crippen molar-refractivity contribution in [1.29, 1.82) is 0 Å². The predicted molar refractivity (Wildman–Crippen MR) is 113 cm³/mol. The molecule has 1 N–H and O–H groups in total. The van der Waals surface area contributed by atoms with Gasteiger partial charge in [-0.2, -0.15) is 5.10 Å². The lowest BCUT2D eigenvalue weighted by Crippen LogP contribution is -2.53. The maximum atomic E-state index is 12.6. The Balaban J connectivity index is 1.38. The molecule has 29 heavy (non-hydrogen) atoms. The fraction of sp³-hybridized carbons (Fsp3) is 0.800. The average Bonchev–Trinajstić information content (AvgIpc) is 3.21. The summed E-state index contributed by atoms with van der Waals surface area (Å²) in [7, 11) is -2.94. The molecule has 1 unspecified atom stereocenters. The number of hydrogen-bond acceptors (Lipinski definition) is 5. The third kappa shape index (κ3) is 4.39. The van der Waals surface area contributed by atoms with Gasteiger partial charge in [-0.05, 0) is 33.1 Å². The van der Waals surface area contributed by atoms with Gasteiger partial charge in [0.2, 0.25) is 0 Å². The van der Waals surface area contributed by atoms with Crippen molar-refractivity contribution in [2.45, 2.75) is 64.5 Å². The van der Waals surface area contributed by atoms with Crippen molar-refractivity contribution >= 4 is 21.6 Å². The van der Waals surface area contributed by atoms with E-state index in [-0.39, 0.29) is 23.6 Å². The molecule has 3 aliphatic rings. The molecule has 1 aliphatic carbocycles. The number of amides is 2. The van der Waals surface area contributed by atoms with E-state index in [4.69, 9.17) is 0 Å². The molecule has 0 bridgehead atoms. The summed E-state index contributed by atoms with van der Waals surface area (Å²) in [5.41, 5.74) is 3.07. The number of carbonyl (C=O) groups excluding carboxylic acids is 1. The minimum Gasteiger partial charge on any atom is -0.365 e. The van der Waals surface area contributed by atoms with Crippen LogP contribution in [-0.2, 0) is 9.84 Å². The van der Waals surface area contributed by atoms with Crippen LogP contribution in [0.15, 0.2) is 0 Å². The summed E-state index contributed by atoms with van der Waals surface area (Å²) in [6.07, 6.45) is 6.54. The first kappa shape index (κ1) is 20.5. The number of piperazine rings is 1. The molecule has 1 aromatic rings. The summed E-state index contributed by atoms with van der Waals surface area (Å²) in [5, 5.41) is 7.89. The Morgan fingerprint density at radius 3 is 2.34 bits per heavy atom. The minimum absolute atomic E-state index is 0.0602. The molecule has 4 rings (SSSR count). The first-order valence-corrected chi connectivity index (χ1v) is 12.7. The molecule has 0 aromatic carbocycles. The van der Waals surface area contributed by atoms with E-state index in [9.17, 15) is 13.2 Å². The third-order valence-corrected chi connectivity index (χ3v) is 8.41. The van der Waals surface area contributed by atoms with E-state index in [0.717, 1.165) is 43.0 Å². The Bertz CT molecular complexity index is 852. The summed E-state index contributed by atoms with van der Waals surface area (Å²) < 4.78 is 25.6. The Labute approximate surface area is 173 Å². The minimum atomic E-state index is -2.94. The Kier molecular flexibility index (Phi) is 5.77. The van der Waals surface area contributed by atoms with Gasteiger partial charge in [0.05, 0.1) is 34.6 Å². The molecule has 0 radical (unpaired) electrons. The highest BCUT2D eigenvalue weighted by molar-refractivity contribution is 7.91. The normalized spacial score (nSPS) is 25.4. The maximum absolute atomic E-state index is 12.6. The first-order chi connectivity index (χ1) is 13.8. The van der Waals surface area contributed by atoms with E-state index in [2.05, 4.69) is 15.3 Å². The highest BCUT2D eigenvalue weighted by atomic mass is 32.2.